The van der Waals surface area contributed by atoms with Crippen LogP contribution in [0.1, 0.15) is 25.5 Å². The van der Waals surface area contributed by atoms with Gasteiger partial charge in [0.25, 0.3) is 5.91 Å². The summed E-state index contributed by atoms with van der Waals surface area (Å²) in [6, 6.07) is 24.1. The van der Waals surface area contributed by atoms with E-state index in [1.54, 1.807) is 0 Å². The second kappa shape index (κ2) is 10.2. The van der Waals surface area contributed by atoms with Gasteiger partial charge < -0.3 is 20.1 Å². The predicted octanol–water partition coefficient (Wildman–Crippen LogP) is 5.28. The molecule has 1 amide bonds. The van der Waals surface area contributed by atoms with E-state index in [0.29, 0.717) is 24.7 Å². The lowest BCUT2D eigenvalue weighted by Crippen LogP contribution is -2.27. The zero-order valence-electron chi connectivity index (χ0n) is 16.7. The van der Waals surface area contributed by atoms with Crippen LogP contribution in [0.25, 0.3) is 0 Å². The van der Waals surface area contributed by atoms with Gasteiger partial charge in [0, 0.05) is 5.69 Å². The van der Waals surface area contributed by atoms with Crippen molar-refractivity contribution in [2.45, 2.75) is 19.9 Å². The highest BCUT2D eigenvalue weighted by Crippen LogP contribution is 2.27. The molecule has 0 aromatic heterocycles. The van der Waals surface area contributed by atoms with E-state index in [2.05, 4.69) is 10.6 Å². The van der Waals surface area contributed by atoms with Crippen molar-refractivity contribution in [3.8, 4) is 11.5 Å². The van der Waals surface area contributed by atoms with E-state index in [4.69, 9.17) is 9.47 Å². The first-order valence-corrected chi connectivity index (χ1v) is 9.78. The SMILES string of the molecule is CCOc1ccc(N[C@H](C(=O)Nc2ccccc2OCC)c2ccccc2)cc1. The minimum Gasteiger partial charge on any atom is -0.494 e. The lowest BCUT2D eigenvalue weighted by atomic mass is 10.1. The summed E-state index contributed by atoms with van der Waals surface area (Å²) in [5.74, 6) is 1.28. The fraction of sp³-hybridized carbons (Fsp3) is 0.208. The van der Waals surface area contributed by atoms with Crippen molar-refractivity contribution in [3.63, 3.8) is 0 Å². The highest BCUT2D eigenvalue weighted by Gasteiger charge is 2.21. The molecule has 150 valence electrons. The van der Waals surface area contributed by atoms with E-state index in [-0.39, 0.29) is 5.91 Å². The van der Waals surface area contributed by atoms with Gasteiger partial charge in [-0.1, -0.05) is 42.5 Å². The van der Waals surface area contributed by atoms with Gasteiger partial charge in [0.05, 0.1) is 18.9 Å². The van der Waals surface area contributed by atoms with E-state index >= 15 is 0 Å². The number of amides is 1. The number of nitrogens with one attached hydrogen (secondary N) is 2. The largest absolute Gasteiger partial charge is 0.494 e. The average Bonchev–Trinajstić information content (AvgIpc) is 2.75. The number of ether oxygens (including phenoxy) is 2. The number of hydrogen-bond donors (Lipinski definition) is 2. The molecule has 1 atom stereocenters. The lowest BCUT2D eigenvalue weighted by molar-refractivity contribution is -0.117. The Balaban J connectivity index is 1.83. The summed E-state index contributed by atoms with van der Waals surface area (Å²) in [5.41, 5.74) is 2.34. The third-order valence-electron chi connectivity index (χ3n) is 4.32. The minimum atomic E-state index is -0.566. The zero-order chi connectivity index (χ0) is 20.5. The van der Waals surface area contributed by atoms with Crippen LogP contribution in [0.2, 0.25) is 0 Å². The zero-order valence-corrected chi connectivity index (χ0v) is 16.7. The highest BCUT2D eigenvalue weighted by molar-refractivity contribution is 5.98. The van der Waals surface area contributed by atoms with Gasteiger partial charge in [0.15, 0.2) is 0 Å². The van der Waals surface area contributed by atoms with Gasteiger partial charge >= 0.3 is 0 Å². The minimum absolute atomic E-state index is 0.169. The van der Waals surface area contributed by atoms with Crippen LogP contribution in [0.5, 0.6) is 11.5 Å². The molecule has 5 nitrogen and oxygen atoms in total. The van der Waals surface area contributed by atoms with Crippen LogP contribution in [0.3, 0.4) is 0 Å². The first-order valence-electron chi connectivity index (χ1n) is 9.78. The molecule has 0 saturated heterocycles. The Labute approximate surface area is 171 Å². The molecule has 0 unspecified atom stereocenters. The molecule has 0 aliphatic rings. The second-order valence-electron chi connectivity index (χ2n) is 6.36. The van der Waals surface area contributed by atoms with Crippen molar-refractivity contribution in [3.05, 3.63) is 84.4 Å². The maximum atomic E-state index is 13.2. The molecule has 0 fully saturated rings. The molecular weight excluding hydrogens is 364 g/mol. The van der Waals surface area contributed by atoms with Gasteiger partial charge in [0.2, 0.25) is 0 Å². The molecule has 5 heteroatoms. The van der Waals surface area contributed by atoms with Crippen LogP contribution in [0.4, 0.5) is 11.4 Å². The van der Waals surface area contributed by atoms with Gasteiger partial charge in [-0.3, -0.25) is 4.79 Å². The topological polar surface area (TPSA) is 59.6 Å². The van der Waals surface area contributed by atoms with Crippen molar-refractivity contribution in [2.75, 3.05) is 23.8 Å². The van der Waals surface area contributed by atoms with Crippen LogP contribution < -0.4 is 20.1 Å². The number of para-hydroxylation sites is 2. The van der Waals surface area contributed by atoms with Gasteiger partial charge in [-0.25, -0.2) is 0 Å². The molecule has 29 heavy (non-hydrogen) atoms. The molecule has 3 rings (SSSR count). The van der Waals surface area contributed by atoms with Crippen molar-refractivity contribution >= 4 is 17.3 Å². The summed E-state index contributed by atoms with van der Waals surface area (Å²) < 4.78 is 11.1. The van der Waals surface area contributed by atoms with Gasteiger partial charge in [-0.15, -0.1) is 0 Å². The number of carbonyl (C=O) groups is 1. The lowest BCUT2D eigenvalue weighted by Gasteiger charge is -2.21. The quantitative estimate of drug-likeness (QED) is 0.522. The Morgan fingerprint density at radius 3 is 2.17 bits per heavy atom. The summed E-state index contributed by atoms with van der Waals surface area (Å²) in [6.45, 7) is 5.00. The summed E-state index contributed by atoms with van der Waals surface area (Å²) in [4.78, 5) is 13.2. The van der Waals surface area contributed by atoms with Crippen LogP contribution >= 0.6 is 0 Å². The van der Waals surface area contributed by atoms with Crippen molar-refractivity contribution in [1.29, 1.82) is 0 Å². The van der Waals surface area contributed by atoms with Gasteiger partial charge in [0.1, 0.15) is 17.5 Å². The molecule has 2 N–H and O–H groups in total. The molecule has 3 aromatic rings. The van der Waals surface area contributed by atoms with Crippen molar-refractivity contribution in [2.24, 2.45) is 0 Å². The Hall–Kier alpha value is -3.47. The van der Waals surface area contributed by atoms with E-state index in [1.165, 1.54) is 0 Å². The maximum Gasteiger partial charge on any atom is 0.251 e. The first kappa shape index (κ1) is 20.3. The van der Waals surface area contributed by atoms with Crippen LogP contribution in [-0.4, -0.2) is 19.1 Å². The second-order valence-corrected chi connectivity index (χ2v) is 6.36. The van der Waals surface area contributed by atoms with Gasteiger partial charge in [-0.2, -0.15) is 0 Å². The number of rotatable bonds is 9. The molecule has 0 bridgehead atoms. The monoisotopic (exact) mass is 390 g/mol. The molecule has 0 heterocycles. The fourth-order valence-electron chi connectivity index (χ4n) is 2.98. The standard InChI is InChI=1S/C24H26N2O3/c1-3-28-20-16-14-19(15-17-20)25-23(18-10-6-5-7-11-18)24(27)26-21-12-8-9-13-22(21)29-4-2/h5-17,23,25H,3-4H2,1-2H3,(H,26,27)/t23-/m0/s1. The van der Waals surface area contributed by atoms with E-state index in [1.807, 2.05) is 92.7 Å². The summed E-state index contributed by atoms with van der Waals surface area (Å²) >= 11 is 0. The van der Waals surface area contributed by atoms with Crippen molar-refractivity contribution < 1.29 is 14.3 Å². The normalized spacial score (nSPS) is 11.4. The Kier molecular flexibility index (Phi) is 7.11. The molecule has 0 radical (unpaired) electrons. The number of hydrogen-bond acceptors (Lipinski definition) is 4. The van der Waals surface area contributed by atoms with Gasteiger partial charge in [-0.05, 0) is 55.8 Å². The molecule has 0 aliphatic carbocycles. The molecule has 0 spiro atoms. The summed E-state index contributed by atoms with van der Waals surface area (Å²) in [5, 5.41) is 6.32. The Bertz CT molecular complexity index is 911. The van der Waals surface area contributed by atoms with Crippen LogP contribution in [-0.2, 0) is 4.79 Å². The van der Waals surface area contributed by atoms with E-state index in [0.717, 1.165) is 17.0 Å². The molecular formula is C24H26N2O3. The smallest absolute Gasteiger partial charge is 0.251 e. The summed E-state index contributed by atoms with van der Waals surface area (Å²) in [6.07, 6.45) is 0. The van der Waals surface area contributed by atoms with E-state index < -0.39 is 6.04 Å². The maximum absolute atomic E-state index is 13.2. The third-order valence-corrected chi connectivity index (χ3v) is 4.32. The highest BCUT2D eigenvalue weighted by atomic mass is 16.5. The summed E-state index contributed by atoms with van der Waals surface area (Å²) in [7, 11) is 0. The number of benzene rings is 3. The fourth-order valence-corrected chi connectivity index (χ4v) is 2.98. The number of carbonyl (C=O) groups excluding carboxylic acids is 1. The van der Waals surface area contributed by atoms with Crippen LogP contribution in [0, 0.1) is 0 Å². The number of anilines is 2. The third kappa shape index (κ3) is 5.51. The Morgan fingerprint density at radius 1 is 0.828 bits per heavy atom. The predicted molar refractivity (Wildman–Crippen MR) is 117 cm³/mol. The van der Waals surface area contributed by atoms with E-state index in [9.17, 15) is 4.79 Å². The Morgan fingerprint density at radius 2 is 1.48 bits per heavy atom. The first-order chi connectivity index (χ1) is 14.2. The average molecular weight is 390 g/mol. The van der Waals surface area contributed by atoms with Crippen molar-refractivity contribution in [1.82, 2.24) is 0 Å². The van der Waals surface area contributed by atoms with Crippen LogP contribution in [0.15, 0.2) is 78.9 Å². The molecule has 0 aliphatic heterocycles. The molecule has 0 saturated carbocycles. The molecule has 3 aromatic carbocycles.